The number of likely N-dealkylation sites (tertiary alicyclic amines) is 1. The van der Waals surface area contributed by atoms with Crippen molar-refractivity contribution in [1.82, 2.24) is 4.90 Å². The second kappa shape index (κ2) is 7.33. The summed E-state index contributed by atoms with van der Waals surface area (Å²) in [6.45, 7) is 9.61. The smallest absolute Gasteiger partial charge is 0.410 e. The zero-order chi connectivity index (χ0) is 18.8. The SMILES string of the molecule is Cc1cc(O)cc(C)c1NC(=O)C1CCCCN1C(=O)OC(C)(C)C. The van der Waals surface area contributed by atoms with Gasteiger partial charge >= 0.3 is 6.09 Å². The summed E-state index contributed by atoms with van der Waals surface area (Å²) in [7, 11) is 0. The molecule has 138 valence electrons. The van der Waals surface area contributed by atoms with E-state index in [0.717, 1.165) is 24.0 Å². The van der Waals surface area contributed by atoms with Gasteiger partial charge in [0.2, 0.25) is 5.91 Å². The third-order valence-corrected chi connectivity index (χ3v) is 4.20. The molecule has 1 heterocycles. The summed E-state index contributed by atoms with van der Waals surface area (Å²) in [5, 5.41) is 12.6. The molecule has 1 unspecified atom stereocenters. The molecule has 0 radical (unpaired) electrons. The largest absolute Gasteiger partial charge is 0.508 e. The highest BCUT2D eigenvalue weighted by Gasteiger charge is 2.35. The van der Waals surface area contributed by atoms with Gasteiger partial charge in [0.05, 0.1) is 0 Å². The van der Waals surface area contributed by atoms with Crippen LogP contribution in [0.2, 0.25) is 0 Å². The Morgan fingerprint density at radius 2 is 1.80 bits per heavy atom. The summed E-state index contributed by atoms with van der Waals surface area (Å²) in [5.74, 6) is -0.0523. The highest BCUT2D eigenvalue weighted by Crippen LogP contribution is 2.27. The Morgan fingerprint density at radius 1 is 1.20 bits per heavy atom. The van der Waals surface area contributed by atoms with E-state index < -0.39 is 17.7 Å². The van der Waals surface area contributed by atoms with Crippen LogP contribution in [0.1, 0.15) is 51.2 Å². The molecule has 1 saturated heterocycles. The first-order chi connectivity index (χ1) is 11.6. The predicted molar refractivity (Wildman–Crippen MR) is 96.8 cm³/mol. The molecular formula is C19H28N2O4. The molecule has 2 rings (SSSR count). The lowest BCUT2D eigenvalue weighted by Crippen LogP contribution is -2.51. The van der Waals surface area contributed by atoms with Crippen LogP contribution in [0.4, 0.5) is 10.5 Å². The van der Waals surface area contributed by atoms with E-state index >= 15 is 0 Å². The third-order valence-electron chi connectivity index (χ3n) is 4.20. The monoisotopic (exact) mass is 348 g/mol. The summed E-state index contributed by atoms with van der Waals surface area (Å²) in [5.41, 5.74) is 1.65. The minimum atomic E-state index is -0.598. The zero-order valence-electron chi connectivity index (χ0n) is 15.7. The molecule has 1 atom stereocenters. The molecule has 0 saturated carbocycles. The number of aryl methyl sites for hydroxylation is 2. The fourth-order valence-electron chi connectivity index (χ4n) is 3.09. The Kier molecular flexibility index (Phi) is 5.60. The van der Waals surface area contributed by atoms with Gasteiger partial charge in [0.25, 0.3) is 0 Å². The maximum Gasteiger partial charge on any atom is 0.410 e. The predicted octanol–water partition coefficient (Wildman–Crippen LogP) is 3.74. The number of nitrogens with zero attached hydrogens (tertiary/aromatic N) is 1. The fraction of sp³-hybridized carbons (Fsp3) is 0.579. The summed E-state index contributed by atoms with van der Waals surface area (Å²) in [6, 6.07) is 2.67. The number of aromatic hydroxyl groups is 1. The number of nitrogens with one attached hydrogen (secondary N) is 1. The Labute approximate surface area is 149 Å². The van der Waals surface area contributed by atoms with E-state index in [1.165, 1.54) is 4.90 Å². The molecule has 1 aromatic rings. The lowest BCUT2D eigenvalue weighted by Gasteiger charge is -2.36. The molecule has 1 aliphatic heterocycles. The Hall–Kier alpha value is -2.24. The number of amides is 2. The first-order valence-electron chi connectivity index (χ1n) is 8.69. The van der Waals surface area contributed by atoms with Crippen molar-refractivity contribution in [2.24, 2.45) is 0 Å². The van der Waals surface area contributed by atoms with Gasteiger partial charge in [-0.05, 0) is 77.1 Å². The van der Waals surface area contributed by atoms with Crippen LogP contribution in [0.3, 0.4) is 0 Å². The van der Waals surface area contributed by atoms with E-state index in [0.29, 0.717) is 18.7 Å². The van der Waals surface area contributed by atoms with Crippen LogP contribution < -0.4 is 5.32 Å². The van der Waals surface area contributed by atoms with Crippen molar-refractivity contribution in [2.45, 2.75) is 65.5 Å². The van der Waals surface area contributed by atoms with E-state index in [2.05, 4.69) is 5.32 Å². The van der Waals surface area contributed by atoms with Gasteiger partial charge in [0.15, 0.2) is 0 Å². The zero-order valence-corrected chi connectivity index (χ0v) is 15.7. The highest BCUT2D eigenvalue weighted by atomic mass is 16.6. The van der Waals surface area contributed by atoms with Crippen LogP contribution in [0.25, 0.3) is 0 Å². The topological polar surface area (TPSA) is 78.9 Å². The Bertz CT molecular complexity index is 641. The number of hydrogen-bond donors (Lipinski definition) is 2. The molecular weight excluding hydrogens is 320 g/mol. The van der Waals surface area contributed by atoms with Gasteiger partial charge in [-0.1, -0.05) is 0 Å². The number of hydrogen-bond acceptors (Lipinski definition) is 4. The molecule has 6 heteroatoms. The van der Waals surface area contributed by atoms with Crippen molar-refractivity contribution in [2.75, 3.05) is 11.9 Å². The van der Waals surface area contributed by atoms with Crippen LogP contribution in [-0.4, -0.2) is 40.2 Å². The van der Waals surface area contributed by atoms with Gasteiger partial charge < -0.3 is 15.2 Å². The van der Waals surface area contributed by atoms with Crippen molar-refractivity contribution in [3.8, 4) is 5.75 Å². The van der Waals surface area contributed by atoms with Gasteiger partial charge in [0.1, 0.15) is 17.4 Å². The van der Waals surface area contributed by atoms with E-state index in [1.54, 1.807) is 12.1 Å². The van der Waals surface area contributed by atoms with Crippen molar-refractivity contribution in [3.05, 3.63) is 23.3 Å². The van der Waals surface area contributed by atoms with Gasteiger partial charge in [-0.15, -0.1) is 0 Å². The van der Waals surface area contributed by atoms with Crippen molar-refractivity contribution in [1.29, 1.82) is 0 Å². The minimum absolute atomic E-state index is 0.168. The van der Waals surface area contributed by atoms with Crippen molar-refractivity contribution in [3.63, 3.8) is 0 Å². The summed E-state index contributed by atoms with van der Waals surface area (Å²) < 4.78 is 5.44. The first kappa shape index (κ1) is 19.1. The van der Waals surface area contributed by atoms with Gasteiger partial charge in [-0.3, -0.25) is 9.69 Å². The molecule has 0 spiro atoms. The number of rotatable bonds is 2. The third kappa shape index (κ3) is 4.87. The lowest BCUT2D eigenvalue weighted by atomic mass is 10.0. The molecule has 2 amide bonds. The summed E-state index contributed by atoms with van der Waals surface area (Å²) >= 11 is 0. The van der Waals surface area contributed by atoms with E-state index in [1.807, 2.05) is 34.6 Å². The fourth-order valence-corrected chi connectivity index (χ4v) is 3.09. The maximum absolute atomic E-state index is 12.8. The molecule has 2 N–H and O–H groups in total. The Morgan fingerprint density at radius 3 is 2.36 bits per heavy atom. The second-order valence-electron chi connectivity index (χ2n) is 7.63. The van der Waals surface area contributed by atoms with Crippen molar-refractivity contribution >= 4 is 17.7 Å². The molecule has 1 fully saturated rings. The van der Waals surface area contributed by atoms with Crippen molar-refractivity contribution < 1.29 is 19.4 Å². The molecule has 25 heavy (non-hydrogen) atoms. The standard InChI is InChI=1S/C19H28N2O4/c1-12-10-14(22)11-13(2)16(12)20-17(23)15-8-6-7-9-21(15)18(24)25-19(3,4)5/h10-11,15,22H,6-9H2,1-5H3,(H,20,23). The minimum Gasteiger partial charge on any atom is -0.508 e. The average molecular weight is 348 g/mol. The van der Waals surface area contributed by atoms with Crippen LogP contribution >= 0.6 is 0 Å². The molecule has 0 aliphatic carbocycles. The number of anilines is 1. The number of ether oxygens (including phenoxy) is 1. The van der Waals surface area contributed by atoms with E-state index in [9.17, 15) is 14.7 Å². The summed E-state index contributed by atoms with van der Waals surface area (Å²) in [6.07, 6.45) is 1.92. The number of carbonyl (C=O) groups is 2. The van der Waals surface area contributed by atoms with Crippen LogP contribution in [-0.2, 0) is 9.53 Å². The number of piperidine rings is 1. The van der Waals surface area contributed by atoms with Gasteiger partial charge in [0, 0.05) is 12.2 Å². The Balaban J connectivity index is 2.17. The second-order valence-corrected chi connectivity index (χ2v) is 7.63. The molecule has 0 aromatic heterocycles. The number of benzene rings is 1. The van der Waals surface area contributed by atoms with Gasteiger partial charge in [-0.25, -0.2) is 4.79 Å². The number of phenols is 1. The maximum atomic E-state index is 12.8. The van der Waals surface area contributed by atoms with Crippen LogP contribution in [0, 0.1) is 13.8 Å². The molecule has 0 bridgehead atoms. The number of carbonyl (C=O) groups excluding carboxylic acids is 2. The average Bonchev–Trinajstić information content (AvgIpc) is 2.49. The number of phenolic OH excluding ortho intramolecular Hbond substituents is 1. The van der Waals surface area contributed by atoms with Crippen LogP contribution in [0.5, 0.6) is 5.75 Å². The normalized spacial score (nSPS) is 18.0. The molecule has 1 aliphatic rings. The molecule has 1 aromatic carbocycles. The van der Waals surface area contributed by atoms with E-state index in [-0.39, 0.29) is 11.7 Å². The molecule has 6 nitrogen and oxygen atoms in total. The highest BCUT2D eigenvalue weighted by molar-refractivity contribution is 5.98. The van der Waals surface area contributed by atoms with Gasteiger partial charge in [-0.2, -0.15) is 0 Å². The first-order valence-corrected chi connectivity index (χ1v) is 8.69. The lowest BCUT2D eigenvalue weighted by molar-refractivity contribution is -0.122. The summed E-state index contributed by atoms with van der Waals surface area (Å²) in [4.78, 5) is 26.8. The van der Waals surface area contributed by atoms with E-state index in [4.69, 9.17) is 4.74 Å². The quantitative estimate of drug-likeness (QED) is 0.798. The van der Waals surface area contributed by atoms with Crippen LogP contribution in [0.15, 0.2) is 12.1 Å².